The summed E-state index contributed by atoms with van der Waals surface area (Å²) in [6, 6.07) is 16.5. The molecule has 0 aliphatic carbocycles. The summed E-state index contributed by atoms with van der Waals surface area (Å²) in [7, 11) is 0. The maximum absolute atomic E-state index is 11.5. The zero-order valence-corrected chi connectivity index (χ0v) is 25.2. The fraction of sp³-hybridized carbons (Fsp3) is 0.419. The number of aliphatic hydroxyl groups is 1. The first-order chi connectivity index (χ1) is 15.6. The van der Waals surface area contributed by atoms with Crippen molar-refractivity contribution >= 4 is 16.6 Å². The molecule has 191 valence electrons. The Balaban J connectivity index is 0.000000383. The SMILES string of the molecule is CC(C)(C)C(=O)/C=C(\O)C(C)(C)C.Cc1[c-]c(-c2nccc3cc(C(C)C)ccc23)cc(C)c1.[Ir]. The monoisotopic (exact) mass is 651 g/mol. The van der Waals surface area contributed by atoms with E-state index >= 15 is 0 Å². The van der Waals surface area contributed by atoms with Gasteiger partial charge in [-0.1, -0.05) is 87.4 Å². The van der Waals surface area contributed by atoms with Crippen LogP contribution in [0, 0.1) is 30.7 Å². The molecule has 1 aromatic heterocycles. The third-order valence-corrected chi connectivity index (χ3v) is 5.63. The molecule has 0 aliphatic heterocycles. The van der Waals surface area contributed by atoms with Gasteiger partial charge in [-0.2, -0.15) is 0 Å². The number of aryl methyl sites for hydroxylation is 2. The van der Waals surface area contributed by atoms with E-state index in [1.165, 1.54) is 28.0 Å². The van der Waals surface area contributed by atoms with Crippen LogP contribution in [0.2, 0.25) is 0 Å². The molecular formula is C31H40IrNO2-. The van der Waals surface area contributed by atoms with E-state index in [0.29, 0.717) is 5.92 Å². The van der Waals surface area contributed by atoms with Gasteiger partial charge in [0.15, 0.2) is 5.78 Å². The summed E-state index contributed by atoms with van der Waals surface area (Å²) in [4.78, 5) is 16.1. The number of fused-ring (bicyclic) bond motifs is 1. The van der Waals surface area contributed by atoms with Crippen molar-refractivity contribution in [3.63, 3.8) is 0 Å². The molecule has 3 aromatic rings. The van der Waals surface area contributed by atoms with Crippen molar-refractivity contribution in [2.45, 2.75) is 75.2 Å². The van der Waals surface area contributed by atoms with E-state index in [-0.39, 0.29) is 37.1 Å². The molecule has 0 saturated carbocycles. The summed E-state index contributed by atoms with van der Waals surface area (Å²) >= 11 is 0. The van der Waals surface area contributed by atoms with Crippen LogP contribution in [0.1, 0.15) is 78.0 Å². The van der Waals surface area contributed by atoms with Gasteiger partial charge in [0.25, 0.3) is 0 Å². The van der Waals surface area contributed by atoms with Crippen LogP contribution < -0.4 is 0 Å². The summed E-state index contributed by atoms with van der Waals surface area (Å²) in [5, 5.41) is 12.0. The Morgan fingerprint density at radius 2 is 1.60 bits per heavy atom. The Labute approximate surface area is 225 Å². The number of allylic oxidation sites excluding steroid dienone is 2. The third-order valence-electron chi connectivity index (χ3n) is 5.63. The number of rotatable bonds is 3. The molecule has 1 heterocycles. The van der Waals surface area contributed by atoms with Crippen molar-refractivity contribution in [1.82, 2.24) is 4.98 Å². The number of carbonyl (C=O) groups is 1. The number of ketones is 1. The molecule has 3 rings (SSSR count). The summed E-state index contributed by atoms with van der Waals surface area (Å²) in [5.74, 6) is 0.645. The number of aliphatic hydroxyl groups excluding tert-OH is 1. The standard InChI is InChI=1S/C20H20N.C11H20O2.Ir/c1-13(2)16-5-6-19-17(12-16)7-8-21-20(19)18-10-14(3)9-15(4)11-18;1-10(2,3)8(12)7-9(13)11(4,5)6;/h5-10,12-13H,1-4H3;7,12H,1-6H3;/q-1;;/b;8-7-;. The fourth-order valence-corrected chi connectivity index (χ4v) is 3.35. The van der Waals surface area contributed by atoms with Crippen molar-refractivity contribution < 1.29 is 30.0 Å². The van der Waals surface area contributed by atoms with Crippen molar-refractivity contribution in [3.8, 4) is 11.3 Å². The molecule has 0 aliphatic rings. The van der Waals surface area contributed by atoms with Crippen LogP contribution in [0.3, 0.4) is 0 Å². The average molecular weight is 651 g/mol. The van der Waals surface area contributed by atoms with Gasteiger partial charge in [0.05, 0.1) is 0 Å². The first-order valence-corrected chi connectivity index (χ1v) is 11.9. The normalized spacial score (nSPS) is 12.1. The summed E-state index contributed by atoms with van der Waals surface area (Å²) < 4.78 is 0. The molecule has 0 saturated heterocycles. The molecule has 3 nitrogen and oxygen atoms in total. The molecule has 0 amide bonds. The maximum atomic E-state index is 11.5. The number of nitrogens with zero attached hydrogens (tertiary/aromatic N) is 1. The molecule has 0 unspecified atom stereocenters. The van der Waals surface area contributed by atoms with Crippen LogP contribution in [0.5, 0.6) is 0 Å². The van der Waals surface area contributed by atoms with E-state index in [1.54, 1.807) is 0 Å². The van der Waals surface area contributed by atoms with Crippen LogP contribution in [0.4, 0.5) is 0 Å². The molecule has 2 aromatic carbocycles. The van der Waals surface area contributed by atoms with Crippen LogP contribution in [-0.4, -0.2) is 15.9 Å². The number of carbonyl (C=O) groups excluding carboxylic acids is 1. The predicted molar refractivity (Wildman–Crippen MR) is 144 cm³/mol. The minimum absolute atomic E-state index is 0. The zero-order chi connectivity index (χ0) is 25.8. The zero-order valence-electron chi connectivity index (χ0n) is 22.8. The van der Waals surface area contributed by atoms with E-state index in [2.05, 4.69) is 75.1 Å². The van der Waals surface area contributed by atoms with Gasteiger partial charge in [-0.05, 0) is 34.0 Å². The quantitative estimate of drug-likeness (QED) is 0.176. The van der Waals surface area contributed by atoms with Crippen molar-refractivity contribution in [1.29, 1.82) is 0 Å². The van der Waals surface area contributed by atoms with Crippen LogP contribution >= 0.6 is 0 Å². The number of aromatic nitrogens is 1. The first kappa shape index (κ1) is 30.7. The molecule has 1 radical (unpaired) electrons. The van der Waals surface area contributed by atoms with E-state index in [0.717, 1.165) is 16.8 Å². The van der Waals surface area contributed by atoms with Gasteiger partial charge in [0.1, 0.15) is 5.76 Å². The number of benzene rings is 2. The minimum atomic E-state index is -0.417. The molecule has 0 atom stereocenters. The molecule has 0 spiro atoms. The molecule has 35 heavy (non-hydrogen) atoms. The molecule has 0 bridgehead atoms. The molecule has 1 N–H and O–H groups in total. The van der Waals surface area contributed by atoms with Crippen LogP contribution in [-0.2, 0) is 24.9 Å². The molecule has 4 heteroatoms. The minimum Gasteiger partial charge on any atom is -0.512 e. The summed E-state index contributed by atoms with van der Waals surface area (Å²) in [6.45, 7) is 19.8. The van der Waals surface area contributed by atoms with Gasteiger partial charge in [0, 0.05) is 43.2 Å². The summed E-state index contributed by atoms with van der Waals surface area (Å²) in [5.41, 5.74) is 5.11. The van der Waals surface area contributed by atoms with Crippen molar-refractivity contribution in [2.24, 2.45) is 10.8 Å². The largest absolute Gasteiger partial charge is 0.512 e. The van der Waals surface area contributed by atoms with Gasteiger partial charge in [0.2, 0.25) is 0 Å². The second-order valence-corrected chi connectivity index (χ2v) is 11.4. The van der Waals surface area contributed by atoms with Crippen LogP contribution in [0.15, 0.2) is 54.4 Å². The Hall–Kier alpha value is -2.29. The fourth-order valence-electron chi connectivity index (χ4n) is 3.35. The third kappa shape index (κ3) is 8.70. The summed E-state index contributed by atoms with van der Waals surface area (Å²) in [6.07, 6.45) is 3.23. The number of hydrogen-bond acceptors (Lipinski definition) is 3. The van der Waals surface area contributed by atoms with Gasteiger partial charge in [-0.3, -0.25) is 4.79 Å². The second kappa shape index (κ2) is 12.1. The van der Waals surface area contributed by atoms with E-state index in [9.17, 15) is 9.90 Å². The first-order valence-electron chi connectivity index (χ1n) is 11.9. The van der Waals surface area contributed by atoms with Gasteiger partial charge < -0.3 is 10.1 Å². The van der Waals surface area contributed by atoms with Crippen LogP contribution in [0.25, 0.3) is 22.0 Å². The Morgan fingerprint density at radius 1 is 0.971 bits per heavy atom. The van der Waals surface area contributed by atoms with Gasteiger partial charge in [-0.15, -0.1) is 34.9 Å². The van der Waals surface area contributed by atoms with Crippen molar-refractivity contribution in [3.05, 3.63) is 77.2 Å². The van der Waals surface area contributed by atoms with Gasteiger partial charge >= 0.3 is 0 Å². The van der Waals surface area contributed by atoms with E-state index in [4.69, 9.17) is 0 Å². The Bertz CT molecular complexity index is 1170. The smallest absolute Gasteiger partial charge is 0.164 e. The number of pyridine rings is 1. The van der Waals surface area contributed by atoms with E-state index in [1.807, 2.05) is 47.7 Å². The Morgan fingerprint density at radius 3 is 2.11 bits per heavy atom. The van der Waals surface area contributed by atoms with Gasteiger partial charge in [-0.25, -0.2) is 0 Å². The van der Waals surface area contributed by atoms with Crippen molar-refractivity contribution in [2.75, 3.05) is 0 Å². The Kier molecular flexibility index (Phi) is 10.6. The second-order valence-electron chi connectivity index (χ2n) is 11.4. The maximum Gasteiger partial charge on any atom is 0.164 e. The molecular weight excluding hydrogens is 611 g/mol. The molecule has 0 fully saturated rings. The van der Waals surface area contributed by atoms with E-state index < -0.39 is 5.41 Å². The topological polar surface area (TPSA) is 50.2 Å². The number of hydrogen-bond donors (Lipinski definition) is 1. The predicted octanol–water partition coefficient (Wildman–Crippen LogP) is 8.53. The average Bonchev–Trinajstić information content (AvgIpc) is 2.71.